The molecule has 0 N–H and O–H groups in total. The quantitative estimate of drug-likeness (QED) is 0.172. The summed E-state index contributed by atoms with van der Waals surface area (Å²) in [4.78, 5) is 0. The molecule has 46 heavy (non-hydrogen) atoms. The van der Waals surface area contributed by atoms with Crippen LogP contribution in [0.5, 0.6) is 0 Å². The number of benzene rings is 4. The molecule has 6 aliphatic carbocycles. The molecule has 4 bridgehead atoms. The zero-order valence-corrected chi connectivity index (χ0v) is 30.5. The van der Waals surface area contributed by atoms with Gasteiger partial charge in [0.1, 0.15) is 37.9 Å². The first-order valence-corrected chi connectivity index (χ1v) is 16.2. The Kier molecular flexibility index (Phi) is 8.03. The molecule has 2 aromatic heterocycles. The van der Waals surface area contributed by atoms with Crippen molar-refractivity contribution >= 4 is 0 Å². The smallest absolute Gasteiger partial charge is 0.243 e. The van der Waals surface area contributed by atoms with Gasteiger partial charge in [0, 0.05) is 11.8 Å². The number of aromatic nitrogens is 4. The fourth-order valence-corrected chi connectivity index (χ4v) is 9.47. The summed E-state index contributed by atoms with van der Waals surface area (Å²) in [6.45, 7) is 8.10. The molecule has 12 rings (SSSR count). The van der Waals surface area contributed by atoms with Gasteiger partial charge in [-0.3, -0.25) is 0 Å². The Morgan fingerprint density at radius 2 is 0.804 bits per heavy atom. The standard InChI is InChI=1S/C40H38N4.2HI/c1-3-41-21-23-43(27-41)25-39-33-17-9-5-13-29(33)38(30-14-6-10-18-34(30)39)40(26-44-24-22-42(4-2)28-44)35-19-11-7-15-31(35)37(39)32-16-8-12-20-36(32)40;;/h5-24,27-28,37-38H,3-4,25-26H2,1-2H3;2*1H/q+2;;/p-2. The van der Waals surface area contributed by atoms with E-state index >= 15 is 0 Å². The van der Waals surface area contributed by atoms with Gasteiger partial charge in [-0.2, -0.15) is 0 Å². The summed E-state index contributed by atoms with van der Waals surface area (Å²) in [6.07, 6.45) is 13.6. The van der Waals surface area contributed by atoms with E-state index in [4.69, 9.17) is 0 Å². The van der Waals surface area contributed by atoms with E-state index in [2.05, 4.69) is 167 Å². The summed E-state index contributed by atoms with van der Waals surface area (Å²) in [6, 6.07) is 37.8. The second kappa shape index (κ2) is 11.8. The number of aryl methyl sites for hydroxylation is 2. The van der Waals surface area contributed by atoms with Crippen LogP contribution in [0.25, 0.3) is 0 Å². The molecule has 0 unspecified atom stereocenters. The van der Waals surface area contributed by atoms with Gasteiger partial charge < -0.3 is 48.0 Å². The maximum atomic E-state index is 2.45. The van der Waals surface area contributed by atoms with Crippen molar-refractivity contribution in [3.05, 3.63) is 179 Å². The lowest BCUT2D eigenvalue weighted by molar-refractivity contribution is -0.705. The minimum atomic E-state index is -0.286. The molecule has 0 fully saturated rings. The summed E-state index contributed by atoms with van der Waals surface area (Å²) in [5.41, 5.74) is 11.3. The van der Waals surface area contributed by atoms with Gasteiger partial charge in [0.25, 0.3) is 0 Å². The maximum Gasteiger partial charge on any atom is 0.243 e. The van der Waals surface area contributed by atoms with E-state index in [9.17, 15) is 0 Å². The van der Waals surface area contributed by atoms with E-state index in [0.717, 1.165) is 26.2 Å². The van der Waals surface area contributed by atoms with Crippen molar-refractivity contribution < 1.29 is 57.1 Å². The number of halogens is 2. The first-order valence-electron chi connectivity index (χ1n) is 16.2. The predicted octanol–water partition coefficient (Wildman–Crippen LogP) is 0.489. The molecule has 232 valence electrons. The second-order valence-corrected chi connectivity index (χ2v) is 13.0. The summed E-state index contributed by atoms with van der Waals surface area (Å²) in [7, 11) is 0. The number of rotatable bonds is 6. The average molecular weight is 829 g/mol. The molecular formula is C40H38I2N4. The molecule has 0 saturated carbocycles. The van der Waals surface area contributed by atoms with Crippen molar-refractivity contribution in [3.63, 3.8) is 0 Å². The Balaban J connectivity index is 0.00000169. The van der Waals surface area contributed by atoms with Gasteiger partial charge in [-0.1, -0.05) is 97.1 Å². The van der Waals surface area contributed by atoms with Crippen LogP contribution in [0.2, 0.25) is 0 Å². The van der Waals surface area contributed by atoms with Gasteiger partial charge in [-0.05, 0) is 58.4 Å². The number of hydrogen-bond acceptors (Lipinski definition) is 0. The number of hydrogen-bond donors (Lipinski definition) is 0. The highest BCUT2D eigenvalue weighted by Crippen LogP contribution is 2.68. The molecule has 0 atom stereocenters. The Morgan fingerprint density at radius 3 is 1.09 bits per heavy atom. The molecule has 0 radical (unpaired) electrons. The molecule has 0 saturated heterocycles. The third-order valence-electron chi connectivity index (χ3n) is 11.1. The highest BCUT2D eigenvalue weighted by atomic mass is 127. The van der Waals surface area contributed by atoms with Crippen molar-refractivity contribution in [2.45, 2.75) is 62.7 Å². The third kappa shape index (κ3) is 4.14. The predicted molar refractivity (Wildman–Crippen MR) is 172 cm³/mol. The Hall–Kier alpha value is -3.24. The van der Waals surface area contributed by atoms with Gasteiger partial charge in [-0.25, -0.2) is 18.3 Å². The van der Waals surface area contributed by atoms with Crippen LogP contribution in [-0.4, -0.2) is 9.13 Å². The molecule has 0 amide bonds. The van der Waals surface area contributed by atoms with E-state index in [1.165, 1.54) is 44.5 Å². The zero-order chi connectivity index (χ0) is 29.5. The second-order valence-electron chi connectivity index (χ2n) is 13.0. The van der Waals surface area contributed by atoms with E-state index in [-0.39, 0.29) is 70.6 Å². The Bertz CT molecular complexity index is 1810. The molecule has 6 aliphatic rings. The van der Waals surface area contributed by atoms with Gasteiger partial charge >= 0.3 is 0 Å². The first-order chi connectivity index (χ1) is 21.7. The van der Waals surface area contributed by atoms with Crippen LogP contribution in [0.1, 0.15) is 70.2 Å². The molecule has 4 aromatic carbocycles. The van der Waals surface area contributed by atoms with Crippen LogP contribution in [0.15, 0.2) is 135 Å². The number of nitrogens with zero attached hydrogens (tertiary/aromatic N) is 4. The SMILES string of the molecule is CCn1cc[n+](CC23c4ccccc4C(c4ccccc42)C2(C[n+]4ccn(CC)c4)c4ccccc4C3c3ccccc32)c1.[I-].[I-]. The summed E-state index contributed by atoms with van der Waals surface area (Å²) in [5.74, 6) is 0.323. The van der Waals surface area contributed by atoms with Crippen LogP contribution in [-0.2, 0) is 37.0 Å². The first kappa shape index (κ1) is 31.4. The fourth-order valence-electron chi connectivity index (χ4n) is 9.47. The van der Waals surface area contributed by atoms with E-state index < -0.39 is 0 Å². The lowest BCUT2D eigenvalue weighted by atomic mass is 9.42. The number of imidazole rings is 2. The molecule has 6 heteroatoms. The summed E-state index contributed by atoms with van der Waals surface area (Å²) >= 11 is 0. The highest BCUT2D eigenvalue weighted by Gasteiger charge is 2.63. The van der Waals surface area contributed by atoms with Gasteiger partial charge in [0.15, 0.2) is 0 Å². The average Bonchev–Trinajstić information content (AvgIpc) is 3.73. The van der Waals surface area contributed by atoms with Crippen LogP contribution >= 0.6 is 0 Å². The molecule has 0 aliphatic heterocycles. The summed E-state index contributed by atoms with van der Waals surface area (Å²) in [5, 5.41) is 0. The van der Waals surface area contributed by atoms with Crippen LogP contribution < -0.4 is 57.1 Å². The van der Waals surface area contributed by atoms with Crippen LogP contribution in [0, 0.1) is 0 Å². The van der Waals surface area contributed by atoms with Crippen molar-refractivity contribution in [2.75, 3.05) is 0 Å². The van der Waals surface area contributed by atoms with Crippen molar-refractivity contribution in [2.24, 2.45) is 0 Å². The Morgan fingerprint density at radius 1 is 0.500 bits per heavy atom. The van der Waals surface area contributed by atoms with Crippen molar-refractivity contribution in [3.8, 4) is 0 Å². The van der Waals surface area contributed by atoms with E-state index in [0.29, 0.717) is 0 Å². The topological polar surface area (TPSA) is 17.6 Å². The lowest BCUT2D eigenvalue weighted by Gasteiger charge is -2.59. The van der Waals surface area contributed by atoms with Crippen molar-refractivity contribution in [1.82, 2.24) is 9.13 Å². The highest BCUT2D eigenvalue weighted by molar-refractivity contribution is 5.72. The fraction of sp³-hybridized carbons (Fsp3) is 0.250. The molecular weight excluding hydrogens is 790 g/mol. The third-order valence-corrected chi connectivity index (χ3v) is 11.1. The maximum absolute atomic E-state index is 2.45. The van der Waals surface area contributed by atoms with E-state index in [1.807, 2.05) is 0 Å². The minimum Gasteiger partial charge on any atom is -1.00 e. The van der Waals surface area contributed by atoms with Gasteiger partial charge in [0.05, 0.1) is 23.9 Å². The largest absolute Gasteiger partial charge is 1.00 e. The monoisotopic (exact) mass is 828 g/mol. The van der Waals surface area contributed by atoms with E-state index in [1.54, 1.807) is 0 Å². The minimum absolute atomic E-state index is 0. The van der Waals surface area contributed by atoms with Gasteiger partial charge in [0.2, 0.25) is 12.7 Å². The molecule has 2 heterocycles. The zero-order valence-electron chi connectivity index (χ0n) is 26.2. The summed E-state index contributed by atoms with van der Waals surface area (Å²) < 4.78 is 9.46. The van der Waals surface area contributed by atoms with Gasteiger partial charge in [-0.15, -0.1) is 0 Å². The molecule has 0 spiro atoms. The molecule has 4 nitrogen and oxygen atoms in total. The normalized spacial score (nSPS) is 22.7. The molecule has 6 aromatic rings. The van der Waals surface area contributed by atoms with Crippen LogP contribution in [0.4, 0.5) is 0 Å². The van der Waals surface area contributed by atoms with Crippen LogP contribution in [0.3, 0.4) is 0 Å². The Labute approximate surface area is 305 Å². The van der Waals surface area contributed by atoms with Crippen molar-refractivity contribution in [1.29, 1.82) is 0 Å². The lowest BCUT2D eigenvalue weighted by Crippen LogP contribution is -3.00.